The van der Waals surface area contributed by atoms with Crippen LogP contribution in [0.5, 0.6) is 0 Å². The van der Waals surface area contributed by atoms with Crippen molar-refractivity contribution < 1.29 is 4.79 Å². The molecule has 0 aliphatic heterocycles. The molecular weight excluding hydrogens is 166 g/mol. The van der Waals surface area contributed by atoms with Crippen molar-refractivity contribution in [2.75, 3.05) is 26.7 Å². The lowest BCUT2D eigenvalue weighted by molar-refractivity contribution is -0.119. The number of primary amides is 1. The molecule has 0 rings (SSSR count). The zero-order valence-corrected chi connectivity index (χ0v) is 8.84. The molecule has 1 amide bonds. The molecule has 3 N–H and O–H groups in total. The summed E-state index contributed by atoms with van der Waals surface area (Å²) in [5.74, 6) is -0.252. The molecule has 0 unspecified atom stereocenters. The van der Waals surface area contributed by atoms with Crippen LogP contribution in [0.4, 0.5) is 0 Å². The predicted octanol–water partition coefficient (Wildman–Crippen LogP) is -0.208. The van der Waals surface area contributed by atoms with Crippen molar-refractivity contribution in [2.24, 2.45) is 5.73 Å². The first-order valence-electron chi connectivity index (χ1n) is 4.75. The molecule has 0 aliphatic rings. The fourth-order valence-corrected chi connectivity index (χ4v) is 1.18. The van der Waals surface area contributed by atoms with Crippen LogP contribution in [0.3, 0.4) is 0 Å². The Morgan fingerprint density at radius 2 is 2.15 bits per heavy atom. The third-order valence-electron chi connectivity index (χ3n) is 1.96. The average molecular weight is 187 g/mol. The number of hydrogen-bond donors (Lipinski definition) is 2. The molecule has 0 saturated carbocycles. The van der Waals surface area contributed by atoms with Gasteiger partial charge in [-0.25, -0.2) is 0 Å². The SMILES string of the molecule is CNCCCN(CC(N)=O)C(C)C. The van der Waals surface area contributed by atoms with Gasteiger partial charge in [-0.3, -0.25) is 9.69 Å². The van der Waals surface area contributed by atoms with Crippen LogP contribution in [0.2, 0.25) is 0 Å². The molecule has 0 heterocycles. The van der Waals surface area contributed by atoms with Gasteiger partial charge in [-0.1, -0.05) is 0 Å². The minimum absolute atomic E-state index is 0.252. The predicted molar refractivity (Wildman–Crippen MR) is 54.4 cm³/mol. The minimum Gasteiger partial charge on any atom is -0.369 e. The van der Waals surface area contributed by atoms with E-state index in [4.69, 9.17) is 5.73 Å². The van der Waals surface area contributed by atoms with Crippen molar-refractivity contribution in [3.05, 3.63) is 0 Å². The van der Waals surface area contributed by atoms with Crippen LogP contribution in [-0.4, -0.2) is 43.5 Å². The quantitative estimate of drug-likeness (QED) is 0.542. The second-order valence-corrected chi connectivity index (χ2v) is 3.49. The second kappa shape index (κ2) is 6.86. The first-order valence-corrected chi connectivity index (χ1v) is 4.75. The van der Waals surface area contributed by atoms with Crippen LogP contribution < -0.4 is 11.1 Å². The molecule has 78 valence electrons. The van der Waals surface area contributed by atoms with Crippen LogP contribution in [0, 0.1) is 0 Å². The number of hydrogen-bond acceptors (Lipinski definition) is 3. The van der Waals surface area contributed by atoms with Crippen molar-refractivity contribution in [3.63, 3.8) is 0 Å². The van der Waals surface area contributed by atoms with Crippen molar-refractivity contribution in [3.8, 4) is 0 Å². The van der Waals surface area contributed by atoms with Gasteiger partial charge in [0.15, 0.2) is 0 Å². The van der Waals surface area contributed by atoms with Gasteiger partial charge in [-0.05, 0) is 33.9 Å². The van der Waals surface area contributed by atoms with Gasteiger partial charge in [0.05, 0.1) is 6.54 Å². The summed E-state index contributed by atoms with van der Waals surface area (Å²) in [7, 11) is 1.92. The average Bonchev–Trinajstić information content (AvgIpc) is 2.02. The zero-order valence-electron chi connectivity index (χ0n) is 8.84. The first-order chi connectivity index (χ1) is 6.07. The Morgan fingerprint density at radius 1 is 1.54 bits per heavy atom. The van der Waals surface area contributed by atoms with Gasteiger partial charge in [-0.15, -0.1) is 0 Å². The van der Waals surface area contributed by atoms with Gasteiger partial charge in [0.1, 0.15) is 0 Å². The van der Waals surface area contributed by atoms with E-state index >= 15 is 0 Å². The van der Waals surface area contributed by atoms with Gasteiger partial charge in [0.25, 0.3) is 0 Å². The lowest BCUT2D eigenvalue weighted by atomic mass is 10.3. The summed E-state index contributed by atoms with van der Waals surface area (Å²) in [5, 5.41) is 3.07. The highest BCUT2D eigenvalue weighted by molar-refractivity contribution is 5.75. The molecule has 0 radical (unpaired) electrons. The Balaban J connectivity index is 3.74. The first kappa shape index (κ1) is 12.4. The molecule has 4 heteroatoms. The molecule has 13 heavy (non-hydrogen) atoms. The van der Waals surface area contributed by atoms with Gasteiger partial charge in [-0.2, -0.15) is 0 Å². The Bertz CT molecular complexity index is 148. The Kier molecular flexibility index (Phi) is 6.54. The summed E-state index contributed by atoms with van der Waals surface area (Å²) in [6.45, 7) is 6.40. The highest BCUT2D eigenvalue weighted by Crippen LogP contribution is 1.98. The van der Waals surface area contributed by atoms with Crippen LogP contribution >= 0.6 is 0 Å². The lowest BCUT2D eigenvalue weighted by Gasteiger charge is -2.24. The largest absolute Gasteiger partial charge is 0.369 e. The monoisotopic (exact) mass is 187 g/mol. The smallest absolute Gasteiger partial charge is 0.231 e. The van der Waals surface area contributed by atoms with Crippen LogP contribution in [0.15, 0.2) is 0 Å². The third kappa shape index (κ3) is 6.54. The van der Waals surface area contributed by atoms with E-state index < -0.39 is 0 Å². The normalized spacial score (nSPS) is 11.2. The molecule has 0 saturated heterocycles. The van der Waals surface area contributed by atoms with Gasteiger partial charge < -0.3 is 11.1 Å². The van der Waals surface area contributed by atoms with Crippen molar-refractivity contribution in [1.29, 1.82) is 0 Å². The van der Waals surface area contributed by atoms with Crippen LogP contribution in [-0.2, 0) is 4.79 Å². The summed E-state index contributed by atoms with van der Waals surface area (Å²) >= 11 is 0. The molecule has 0 aromatic carbocycles. The van der Waals surface area contributed by atoms with E-state index in [1.54, 1.807) is 0 Å². The minimum atomic E-state index is -0.252. The molecule has 4 nitrogen and oxygen atoms in total. The van der Waals surface area contributed by atoms with Crippen molar-refractivity contribution in [2.45, 2.75) is 26.3 Å². The molecular formula is C9H21N3O. The molecule has 0 bridgehead atoms. The Morgan fingerprint density at radius 3 is 2.54 bits per heavy atom. The summed E-state index contributed by atoms with van der Waals surface area (Å²) < 4.78 is 0. The maximum Gasteiger partial charge on any atom is 0.231 e. The Hall–Kier alpha value is -0.610. The van der Waals surface area contributed by atoms with E-state index in [-0.39, 0.29) is 5.91 Å². The molecule has 0 aromatic rings. The van der Waals surface area contributed by atoms with E-state index in [0.29, 0.717) is 12.6 Å². The fourth-order valence-electron chi connectivity index (χ4n) is 1.18. The maximum atomic E-state index is 10.7. The van der Waals surface area contributed by atoms with Crippen molar-refractivity contribution in [1.82, 2.24) is 10.2 Å². The van der Waals surface area contributed by atoms with Gasteiger partial charge in [0.2, 0.25) is 5.91 Å². The number of carbonyl (C=O) groups is 1. The molecule has 0 fully saturated rings. The number of amides is 1. The summed E-state index contributed by atoms with van der Waals surface area (Å²) in [4.78, 5) is 12.8. The highest BCUT2D eigenvalue weighted by Gasteiger charge is 2.10. The number of nitrogens with one attached hydrogen (secondary N) is 1. The highest BCUT2D eigenvalue weighted by atomic mass is 16.1. The topological polar surface area (TPSA) is 58.4 Å². The van der Waals surface area contributed by atoms with Crippen molar-refractivity contribution >= 4 is 5.91 Å². The van der Waals surface area contributed by atoms with E-state index in [0.717, 1.165) is 19.5 Å². The van der Waals surface area contributed by atoms with E-state index in [2.05, 4.69) is 24.1 Å². The number of nitrogens with two attached hydrogens (primary N) is 1. The standard InChI is InChI=1S/C9H21N3O/c1-8(2)12(7-9(10)13)6-4-5-11-3/h8,11H,4-7H2,1-3H3,(H2,10,13). The number of rotatable bonds is 7. The molecule has 0 spiro atoms. The van der Waals surface area contributed by atoms with E-state index in [1.165, 1.54) is 0 Å². The maximum absolute atomic E-state index is 10.7. The summed E-state index contributed by atoms with van der Waals surface area (Å²) in [5.41, 5.74) is 5.14. The third-order valence-corrected chi connectivity index (χ3v) is 1.96. The fraction of sp³-hybridized carbons (Fsp3) is 0.889. The van der Waals surface area contributed by atoms with Crippen LogP contribution in [0.1, 0.15) is 20.3 Å². The van der Waals surface area contributed by atoms with E-state index in [1.807, 2.05) is 7.05 Å². The number of carbonyl (C=O) groups excluding carboxylic acids is 1. The zero-order chi connectivity index (χ0) is 10.3. The lowest BCUT2D eigenvalue weighted by Crippen LogP contribution is -2.39. The summed E-state index contributed by atoms with van der Waals surface area (Å²) in [6.07, 6.45) is 1.04. The van der Waals surface area contributed by atoms with Crippen LogP contribution in [0.25, 0.3) is 0 Å². The molecule has 0 aromatic heterocycles. The van der Waals surface area contributed by atoms with E-state index in [9.17, 15) is 4.79 Å². The van der Waals surface area contributed by atoms with Gasteiger partial charge in [0, 0.05) is 12.6 Å². The molecule has 0 aliphatic carbocycles. The summed E-state index contributed by atoms with van der Waals surface area (Å²) in [6, 6.07) is 0.379. The van der Waals surface area contributed by atoms with Gasteiger partial charge >= 0.3 is 0 Å². The molecule has 0 atom stereocenters. The Labute approximate surface area is 80.5 Å². The second-order valence-electron chi connectivity index (χ2n) is 3.49. The number of nitrogens with zero attached hydrogens (tertiary/aromatic N) is 1.